The fourth-order valence-corrected chi connectivity index (χ4v) is 0.526. The van der Waals surface area contributed by atoms with E-state index in [9.17, 15) is 4.79 Å². The summed E-state index contributed by atoms with van der Waals surface area (Å²) in [6, 6.07) is 0. The smallest absolute Gasteiger partial charge is 0.142 e. The van der Waals surface area contributed by atoms with Crippen molar-refractivity contribution in [3.8, 4) is 0 Å². The summed E-state index contributed by atoms with van der Waals surface area (Å²) < 4.78 is 9.96. The molecule has 0 aromatic rings. The van der Waals surface area contributed by atoms with E-state index < -0.39 is 0 Å². The van der Waals surface area contributed by atoms with Crippen LogP contribution in [0.1, 0.15) is 6.92 Å². The molecule has 0 aromatic heterocycles. The van der Waals surface area contributed by atoms with Crippen LogP contribution in [0, 0.1) is 0 Å². The van der Waals surface area contributed by atoms with Gasteiger partial charge in [-0.25, -0.2) is 0 Å². The summed E-state index contributed by atoms with van der Waals surface area (Å²) in [6.45, 7) is 7.55. The number of ether oxygens (including phenoxy) is 2. The molecule has 1 unspecified atom stereocenters. The molecule has 0 spiro atoms. The second kappa shape index (κ2) is 9.16. The second-order valence-electron chi connectivity index (χ2n) is 2.44. The van der Waals surface area contributed by atoms with Crippen LogP contribution in [0.2, 0.25) is 0 Å². The molecule has 3 nitrogen and oxygen atoms in total. The molecule has 74 valence electrons. The van der Waals surface area contributed by atoms with Gasteiger partial charge < -0.3 is 9.47 Å². The van der Waals surface area contributed by atoms with E-state index in [0.29, 0.717) is 12.7 Å². The molecule has 0 N–H and O–H groups in total. The van der Waals surface area contributed by atoms with E-state index in [1.807, 2.05) is 0 Å². The number of epoxide rings is 1. The standard InChI is InChI=1S/C6H10O2.C4H6O/c1-2-3-7-4-6-5-8-6;1-2-3-4-5/h2,6H,1,3-5H2;2-4H,1H3. The summed E-state index contributed by atoms with van der Waals surface area (Å²) in [5, 5.41) is 0. The molecule has 1 rings (SSSR count). The Morgan fingerprint density at radius 3 is 2.69 bits per heavy atom. The third-order valence-electron chi connectivity index (χ3n) is 1.21. The van der Waals surface area contributed by atoms with Gasteiger partial charge in [0.2, 0.25) is 0 Å². The van der Waals surface area contributed by atoms with E-state index in [-0.39, 0.29) is 0 Å². The van der Waals surface area contributed by atoms with Crippen LogP contribution < -0.4 is 0 Å². The van der Waals surface area contributed by atoms with Crippen molar-refractivity contribution in [1.82, 2.24) is 0 Å². The number of hydrogen-bond acceptors (Lipinski definition) is 3. The van der Waals surface area contributed by atoms with E-state index in [1.54, 1.807) is 19.1 Å². The average Bonchev–Trinajstić information content (AvgIpc) is 2.91. The molecule has 0 saturated carbocycles. The highest BCUT2D eigenvalue weighted by atomic mass is 16.6. The molecule has 1 fully saturated rings. The van der Waals surface area contributed by atoms with Gasteiger partial charge in [0.15, 0.2) is 0 Å². The zero-order chi connectivity index (χ0) is 9.94. The van der Waals surface area contributed by atoms with Crippen LogP contribution in [0.25, 0.3) is 0 Å². The van der Waals surface area contributed by atoms with Gasteiger partial charge in [0.05, 0.1) is 19.8 Å². The third kappa shape index (κ3) is 11.1. The van der Waals surface area contributed by atoms with Crippen LogP contribution in [0.3, 0.4) is 0 Å². The zero-order valence-corrected chi connectivity index (χ0v) is 7.94. The van der Waals surface area contributed by atoms with Crippen molar-refractivity contribution in [1.29, 1.82) is 0 Å². The van der Waals surface area contributed by atoms with Gasteiger partial charge in [-0.15, -0.1) is 6.58 Å². The van der Waals surface area contributed by atoms with Gasteiger partial charge in [-0.3, -0.25) is 4.79 Å². The predicted octanol–water partition coefficient (Wildman–Crippen LogP) is 1.35. The molecule has 1 aliphatic rings. The predicted molar refractivity (Wildman–Crippen MR) is 51.6 cm³/mol. The normalized spacial score (nSPS) is 19.0. The molecule has 0 bridgehead atoms. The van der Waals surface area contributed by atoms with Crippen LogP contribution in [0.15, 0.2) is 24.8 Å². The van der Waals surface area contributed by atoms with Crippen LogP contribution in [-0.2, 0) is 14.3 Å². The second-order valence-corrected chi connectivity index (χ2v) is 2.44. The summed E-state index contributed by atoms with van der Waals surface area (Å²) in [5.74, 6) is 0. The lowest BCUT2D eigenvalue weighted by Gasteiger charge is -1.92. The number of carbonyl (C=O) groups excluding carboxylic acids is 1. The molecular formula is C10H16O3. The molecule has 0 aromatic carbocycles. The van der Waals surface area contributed by atoms with E-state index in [1.165, 1.54) is 6.08 Å². The Morgan fingerprint density at radius 2 is 2.38 bits per heavy atom. The van der Waals surface area contributed by atoms with Crippen LogP contribution in [0.4, 0.5) is 0 Å². The van der Waals surface area contributed by atoms with Crippen LogP contribution in [0.5, 0.6) is 0 Å². The minimum Gasteiger partial charge on any atom is -0.375 e. The van der Waals surface area contributed by atoms with Crippen molar-refractivity contribution in [2.45, 2.75) is 13.0 Å². The minimum absolute atomic E-state index is 0.384. The van der Waals surface area contributed by atoms with E-state index in [2.05, 4.69) is 6.58 Å². The van der Waals surface area contributed by atoms with Gasteiger partial charge in [0, 0.05) is 0 Å². The van der Waals surface area contributed by atoms with Gasteiger partial charge in [-0.05, 0) is 13.0 Å². The quantitative estimate of drug-likeness (QED) is 0.213. The van der Waals surface area contributed by atoms with Gasteiger partial charge in [-0.1, -0.05) is 12.2 Å². The molecular weight excluding hydrogens is 168 g/mol. The fourth-order valence-electron chi connectivity index (χ4n) is 0.526. The summed E-state index contributed by atoms with van der Waals surface area (Å²) >= 11 is 0. The van der Waals surface area contributed by atoms with Crippen molar-refractivity contribution in [2.24, 2.45) is 0 Å². The molecule has 1 heterocycles. The largest absolute Gasteiger partial charge is 0.375 e. The van der Waals surface area contributed by atoms with E-state index in [4.69, 9.17) is 9.47 Å². The highest BCUT2D eigenvalue weighted by Crippen LogP contribution is 2.07. The maximum absolute atomic E-state index is 9.32. The topological polar surface area (TPSA) is 38.8 Å². The Labute approximate surface area is 79.0 Å². The first kappa shape index (κ1) is 12.1. The molecule has 0 aliphatic carbocycles. The summed E-state index contributed by atoms with van der Waals surface area (Å²) in [5.41, 5.74) is 0. The summed E-state index contributed by atoms with van der Waals surface area (Å²) in [4.78, 5) is 9.32. The Morgan fingerprint density at radius 1 is 1.69 bits per heavy atom. The molecule has 0 radical (unpaired) electrons. The van der Waals surface area contributed by atoms with Crippen molar-refractivity contribution in [3.63, 3.8) is 0 Å². The van der Waals surface area contributed by atoms with Crippen LogP contribution in [-0.4, -0.2) is 32.2 Å². The Hall–Kier alpha value is -0.930. The molecule has 3 heteroatoms. The lowest BCUT2D eigenvalue weighted by atomic mass is 10.5. The fraction of sp³-hybridized carbons (Fsp3) is 0.500. The van der Waals surface area contributed by atoms with Crippen LogP contribution >= 0.6 is 0 Å². The Balaban J connectivity index is 0.000000252. The number of rotatable bonds is 5. The van der Waals surface area contributed by atoms with E-state index >= 15 is 0 Å². The summed E-state index contributed by atoms with van der Waals surface area (Å²) in [6.07, 6.45) is 6.00. The average molecular weight is 184 g/mol. The first-order valence-corrected chi connectivity index (χ1v) is 4.21. The Kier molecular flexibility index (Phi) is 8.51. The first-order chi connectivity index (χ1) is 6.35. The molecule has 13 heavy (non-hydrogen) atoms. The number of hydrogen-bond donors (Lipinski definition) is 0. The summed E-state index contributed by atoms with van der Waals surface area (Å²) in [7, 11) is 0. The van der Waals surface area contributed by atoms with Crippen molar-refractivity contribution in [2.75, 3.05) is 19.8 Å². The van der Waals surface area contributed by atoms with Gasteiger partial charge >= 0.3 is 0 Å². The number of aldehydes is 1. The SMILES string of the molecule is C=CCOCC1CO1.CC=CC=O. The minimum atomic E-state index is 0.384. The number of carbonyl (C=O) groups is 1. The van der Waals surface area contributed by atoms with Crippen molar-refractivity contribution < 1.29 is 14.3 Å². The first-order valence-electron chi connectivity index (χ1n) is 4.21. The molecule has 1 atom stereocenters. The van der Waals surface area contributed by atoms with Crippen molar-refractivity contribution in [3.05, 3.63) is 24.8 Å². The maximum Gasteiger partial charge on any atom is 0.142 e. The zero-order valence-electron chi connectivity index (χ0n) is 7.94. The molecule has 1 aliphatic heterocycles. The lowest BCUT2D eigenvalue weighted by Crippen LogP contribution is -2.00. The van der Waals surface area contributed by atoms with Crippen molar-refractivity contribution >= 4 is 6.29 Å². The lowest BCUT2D eigenvalue weighted by molar-refractivity contribution is -0.104. The van der Waals surface area contributed by atoms with E-state index in [0.717, 1.165) is 19.5 Å². The van der Waals surface area contributed by atoms with Gasteiger partial charge in [-0.2, -0.15) is 0 Å². The molecule has 0 amide bonds. The highest BCUT2D eigenvalue weighted by molar-refractivity contribution is 5.64. The third-order valence-corrected chi connectivity index (χ3v) is 1.21. The van der Waals surface area contributed by atoms with Gasteiger partial charge in [0.25, 0.3) is 0 Å². The Bertz CT molecular complexity index is 160. The maximum atomic E-state index is 9.32. The number of allylic oxidation sites excluding steroid dienone is 2. The monoisotopic (exact) mass is 184 g/mol. The molecule has 1 saturated heterocycles. The highest BCUT2D eigenvalue weighted by Gasteiger charge is 2.21. The van der Waals surface area contributed by atoms with Gasteiger partial charge in [0.1, 0.15) is 12.4 Å².